The third kappa shape index (κ3) is 2.28. The number of amides is 1. The Kier molecular flexibility index (Phi) is 3.09. The number of rotatable bonds is 2. The molecule has 0 radical (unpaired) electrons. The molecule has 2 rings (SSSR count). The fraction of sp³-hybridized carbons (Fsp3) is 0.667. The lowest BCUT2D eigenvalue weighted by atomic mass is 9.96. The number of aromatic nitrogens is 2. The molecule has 1 aromatic rings. The summed E-state index contributed by atoms with van der Waals surface area (Å²) in [5.74, 6) is 1.55. The summed E-state index contributed by atoms with van der Waals surface area (Å²) in [4.78, 5) is 12.1. The summed E-state index contributed by atoms with van der Waals surface area (Å²) in [6.45, 7) is 6.86. The smallest absolute Gasteiger partial charge is 0.229 e. The first kappa shape index (κ1) is 12.0. The third-order valence-corrected chi connectivity index (χ3v) is 3.11. The summed E-state index contributed by atoms with van der Waals surface area (Å²) in [5, 5.41) is 10.6. The van der Waals surface area contributed by atoms with E-state index in [1.165, 1.54) is 0 Å². The van der Waals surface area contributed by atoms with Crippen LogP contribution in [0.15, 0.2) is 0 Å². The van der Waals surface area contributed by atoms with Crippen molar-refractivity contribution in [3.63, 3.8) is 0 Å². The van der Waals surface area contributed by atoms with Crippen LogP contribution in [-0.4, -0.2) is 22.2 Å². The van der Waals surface area contributed by atoms with Crippen LogP contribution in [0.5, 0.6) is 0 Å². The Balaban J connectivity index is 2.23. The van der Waals surface area contributed by atoms with Crippen LogP contribution < -0.4 is 10.6 Å². The van der Waals surface area contributed by atoms with Crippen LogP contribution >= 0.6 is 0 Å². The summed E-state index contributed by atoms with van der Waals surface area (Å²) in [6.07, 6.45) is 0.902. The average Bonchev–Trinajstić information content (AvgIpc) is 2.41. The van der Waals surface area contributed by atoms with E-state index in [9.17, 15) is 4.79 Å². The van der Waals surface area contributed by atoms with Crippen molar-refractivity contribution in [3.8, 4) is 0 Å². The van der Waals surface area contributed by atoms with Crippen LogP contribution in [0.25, 0.3) is 0 Å². The number of carbonyl (C=O) groups excluding carboxylic acids is 1. The van der Waals surface area contributed by atoms with E-state index in [0.29, 0.717) is 12.5 Å². The Hall–Kier alpha value is -1.52. The molecule has 1 aromatic heterocycles. The topological polar surface area (TPSA) is 59.0 Å². The van der Waals surface area contributed by atoms with Gasteiger partial charge in [0.15, 0.2) is 0 Å². The molecule has 1 atom stereocenters. The van der Waals surface area contributed by atoms with Crippen molar-refractivity contribution in [1.29, 1.82) is 0 Å². The summed E-state index contributed by atoms with van der Waals surface area (Å²) < 4.78 is 1.78. The monoisotopic (exact) mass is 236 g/mol. The Morgan fingerprint density at radius 1 is 1.53 bits per heavy atom. The van der Waals surface area contributed by atoms with Gasteiger partial charge < -0.3 is 10.6 Å². The molecule has 0 bridgehead atoms. The lowest BCUT2D eigenvalue weighted by molar-refractivity contribution is -0.119. The molecule has 0 saturated carbocycles. The molecule has 17 heavy (non-hydrogen) atoms. The number of nitrogens with zero attached hydrogens (tertiary/aromatic N) is 2. The molecule has 0 saturated heterocycles. The number of nitrogens with one attached hydrogen (secondary N) is 2. The van der Waals surface area contributed by atoms with Gasteiger partial charge in [-0.15, -0.1) is 0 Å². The standard InChI is InChI=1S/C12H20N4O/c1-7(2)5-9-6-13-11-10(14-12(9)17)8(3)15-16(11)4/h7,9,13H,5-6H2,1-4H3,(H,14,17). The van der Waals surface area contributed by atoms with Crippen molar-refractivity contribution in [2.24, 2.45) is 18.9 Å². The van der Waals surface area contributed by atoms with E-state index in [-0.39, 0.29) is 11.8 Å². The second-order valence-corrected chi connectivity index (χ2v) is 5.13. The number of carbonyl (C=O) groups is 1. The van der Waals surface area contributed by atoms with Gasteiger partial charge in [-0.2, -0.15) is 5.10 Å². The Labute approximate surface area is 102 Å². The van der Waals surface area contributed by atoms with Crippen LogP contribution in [0.2, 0.25) is 0 Å². The lowest BCUT2D eigenvalue weighted by Gasteiger charge is -2.15. The van der Waals surface area contributed by atoms with Crippen LogP contribution in [0.3, 0.4) is 0 Å². The van der Waals surface area contributed by atoms with Crippen molar-refractivity contribution < 1.29 is 4.79 Å². The van der Waals surface area contributed by atoms with E-state index in [4.69, 9.17) is 0 Å². The largest absolute Gasteiger partial charge is 0.368 e. The van der Waals surface area contributed by atoms with Gasteiger partial charge in [-0.1, -0.05) is 13.8 Å². The fourth-order valence-corrected chi connectivity index (χ4v) is 2.31. The highest BCUT2D eigenvalue weighted by Gasteiger charge is 2.27. The second kappa shape index (κ2) is 4.39. The molecule has 2 N–H and O–H groups in total. The van der Waals surface area contributed by atoms with Crippen molar-refractivity contribution in [1.82, 2.24) is 9.78 Å². The van der Waals surface area contributed by atoms with Gasteiger partial charge >= 0.3 is 0 Å². The summed E-state index contributed by atoms with van der Waals surface area (Å²) in [5.41, 5.74) is 1.68. The van der Waals surface area contributed by atoms with E-state index in [0.717, 1.165) is 23.6 Å². The molecular formula is C12H20N4O. The van der Waals surface area contributed by atoms with Gasteiger partial charge in [0.05, 0.1) is 11.6 Å². The maximum Gasteiger partial charge on any atom is 0.229 e. The van der Waals surface area contributed by atoms with Crippen molar-refractivity contribution in [2.75, 3.05) is 17.2 Å². The van der Waals surface area contributed by atoms with Gasteiger partial charge in [-0.3, -0.25) is 9.48 Å². The first-order valence-corrected chi connectivity index (χ1v) is 6.07. The van der Waals surface area contributed by atoms with E-state index in [2.05, 4.69) is 29.6 Å². The van der Waals surface area contributed by atoms with Crippen molar-refractivity contribution in [2.45, 2.75) is 27.2 Å². The predicted molar refractivity (Wildman–Crippen MR) is 68.0 cm³/mol. The Morgan fingerprint density at radius 3 is 2.88 bits per heavy atom. The zero-order valence-electron chi connectivity index (χ0n) is 10.9. The van der Waals surface area contributed by atoms with Gasteiger partial charge in [0, 0.05) is 13.6 Å². The number of anilines is 2. The first-order chi connectivity index (χ1) is 7.99. The molecule has 1 aliphatic rings. The van der Waals surface area contributed by atoms with Crippen LogP contribution in [-0.2, 0) is 11.8 Å². The minimum Gasteiger partial charge on any atom is -0.368 e. The van der Waals surface area contributed by atoms with Crippen LogP contribution in [0, 0.1) is 18.8 Å². The van der Waals surface area contributed by atoms with Gasteiger partial charge in [-0.25, -0.2) is 0 Å². The number of hydrogen-bond donors (Lipinski definition) is 2. The molecule has 1 unspecified atom stereocenters. The number of fused-ring (bicyclic) bond motifs is 1. The molecule has 5 heteroatoms. The zero-order valence-corrected chi connectivity index (χ0v) is 10.9. The Morgan fingerprint density at radius 2 is 2.24 bits per heavy atom. The zero-order chi connectivity index (χ0) is 12.6. The van der Waals surface area contributed by atoms with Crippen LogP contribution in [0.4, 0.5) is 11.5 Å². The summed E-state index contributed by atoms with van der Waals surface area (Å²) in [7, 11) is 1.88. The molecule has 0 aliphatic carbocycles. The second-order valence-electron chi connectivity index (χ2n) is 5.13. The van der Waals surface area contributed by atoms with Gasteiger partial charge in [-0.05, 0) is 19.3 Å². The fourth-order valence-electron chi connectivity index (χ4n) is 2.31. The van der Waals surface area contributed by atoms with Gasteiger partial charge in [0.2, 0.25) is 5.91 Å². The summed E-state index contributed by atoms with van der Waals surface area (Å²) >= 11 is 0. The molecular weight excluding hydrogens is 216 g/mol. The highest BCUT2D eigenvalue weighted by atomic mass is 16.2. The molecule has 2 heterocycles. The van der Waals surface area contributed by atoms with Crippen LogP contribution in [0.1, 0.15) is 26.0 Å². The Bertz CT molecular complexity index is 436. The highest BCUT2D eigenvalue weighted by Crippen LogP contribution is 2.29. The molecule has 0 aromatic carbocycles. The highest BCUT2D eigenvalue weighted by molar-refractivity contribution is 5.97. The maximum atomic E-state index is 12.1. The van der Waals surface area contributed by atoms with Crippen molar-refractivity contribution >= 4 is 17.4 Å². The lowest BCUT2D eigenvalue weighted by Crippen LogP contribution is -2.27. The molecule has 0 fully saturated rings. The van der Waals surface area contributed by atoms with Gasteiger partial charge in [0.1, 0.15) is 11.5 Å². The molecule has 5 nitrogen and oxygen atoms in total. The van der Waals surface area contributed by atoms with E-state index in [1.807, 2.05) is 14.0 Å². The first-order valence-electron chi connectivity index (χ1n) is 6.07. The van der Waals surface area contributed by atoms with E-state index >= 15 is 0 Å². The molecule has 1 aliphatic heterocycles. The normalized spacial score (nSPS) is 19.6. The predicted octanol–water partition coefficient (Wildman–Crippen LogP) is 1.75. The molecule has 94 valence electrons. The third-order valence-electron chi connectivity index (χ3n) is 3.11. The minimum atomic E-state index is 0.0294. The maximum absolute atomic E-state index is 12.1. The number of aryl methyl sites for hydroxylation is 2. The number of hydrogen-bond acceptors (Lipinski definition) is 3. The quantitative estimate of drug-likeness (QED) is 0.822. The summed E-state index contributed by atoms with van der Waals surface area (Å²) in [6, 6.07) is 0. The molecule has 1 amide bonds. The van der Waals surface area contributed by atoms with E-state index < -0.39 is 0 Å². The SMILES string of the molecule is Cc1nn(C)c2c1NC(=O)C(CC(C)C)CN2. The van der Waals surface area contributed by atoms with E-state index in [1.54, 1.807) is 4.68 Å². The average molecular weight is 236 g/mol. The van der Waals surface area contributed by atoms with Crippen molar-refractivity contribution in [3.05, 3.63) is 5.69 Å². The minimum absolute atomic E-state index is 0.0294. The molecule has 0 spiro atoms. The van der Waals surface area contributed by atoms with Gasteiger partial charge in [0.25, 0.3) is 0 Å².